The van der Waals surface area contributed by atoms with Gasteiger partial charge in [-0.1, -0.05) is 60.1 Å². The first-order valence-electron chi connectivity index (χ1n) is 10.4. The zero-order valence-electron chi connectivity index (χ0n) is 18.5. The van der Waals surface area contributed by atoms with Gasteiger partial charge in [-0.05, 0) is 54.7 Å². The lowest BCUT2D eigenvalue weighted by Gasteiger charge is -2.16. The van der Waals surface area contributed by atoms with Crippen molar-refractivity contribution in [3.8, 4) is 16.2 Å². The molecular formula is C25H26BrNO4S. The fraction of sp³-hybridized carbons (Fsp3) is 0.280. The molecule has 3 rings (SSSR count). The summed E-state index contributed by atoms with van der Waals surface area (Å²) in [7, 11) is 0. The summed E-state index contributed by atoms with van der Waals surface area (Å²) in [6, 6.07) is 15.4. The number of amides is 1. The largest absolute Gasteiger partial charge is 0.483 e. The lowest BCUT2D eigenvalue weighted by molar-refractivity contribution is -0.118. The molecule has 1 N–H and O–H groups in total. The molecule has 0 spiro atoms. The maximum absolute atomic E-state index is 12.7. The molecule has 0 atom stereocenters. The molecule has 0 aliphatic heterocycles. The van der Waals surface area contributed by atoms with Crippen molar-refractivity contribution >= 4 is 44.1 Å². The molecule has 0 bridgehead atoms. The van der Waals surface area contributed by atoms with Gasteiger partial charge < -0.3 is 14.8 Å². The lowest BCUT2D eigenvalue weighted by atomic mass is 10.0. The number of esters is 1. The molecule has 1 aromatic heterocycles. The second kappa shape index (κ2) is 10.8. The summed E-state index contributed by atoms with van der Waals surface area (Å²) in [6.07, 6.45) is 0. The van der Waals surface area contributed by atoms with Gasteiger partial charge in [-0.15, -0.1) is 11.3 Å². The Morgan fingerprint density at radius 2 is 1.84 bits per heavy atom. The third kappa shape index (κ3) is 5.78. The van der Waals surface area contributed by atoms with Gasteiger partial charge in [-0.25, -0.2) is 4.79 Å². The summed E-state index contributed by atoms with van der Waals surface area (Å²) in [4.78, 5) is 26.0. The van der Waals surface area contributed by atoms with Gasteiger partial charge in [0.15, 0.2) is 6.61 Å². The number of carbonyl (C=O) groups excluding carboxylic acids is 2. The molecule has 7 heteroatoms. The third-order valence-electron chi connectivity index (χ3n) is 4.81. The van der Waals surface area contributed by atoms with E-state index in [4.69, 9.17) is 9.47 Å². The Balaban J connectivity index is 1.79. The highest BCUT2D eigenvalue weighted by Crippen LogP contribution is 2.36. The standard InChI is InChI=1S/C25H26BrNO4S/c1-5-30-25(29)19-13-22(17-9-7-6-8-10-17)32-24(19)27-23(28)14-31-21-11-16(4)20(26)12-18(21)15(2)3/h6-13,15H,5,14H2,1-4H3,(H,27,28). The first-order valence-corrected chi connectivity index (χ1v) is 12.0. The van der Waals surface area contributed by atoms with Gasteiger partial charge in [-0.3, -0.25) is 4.79 Å². The average Bonchev–Trinajstić information content (AvgIpc) is 3.18. The normalized spacial score (nSPS) is 10.8. The first-order chi connectivity index (χ1) is 15.3. The number of benzene rings is 2. The molecule has 0 fully saturated rings. The minimum absolute atomic E-state index is 0.165. The van der Waals surface area contributed by atoms with Crippen LogP contribution in [0.5, 0.6) is 5.75 Å². The Hall–Kier alpha value is -2.64. The highest BCUT2D eigenvalue weighted by molar-refractivity contribution is 9.10. The number of halogens is 1. The van der Waals surface area contributed by atoms with Crippen molar-refractivity contribution in [3.63, 3.8) is 0 Å². The topological polar surface area (TPSA) is 64.6 Å². The monoisotopic (exact) mass is 515 g/mol. The first kappa shape index (κ1) is 24.0. The Morgan fingerprint density at radius 1 is 1.12 bits per heavy atom. The van der Waals surface area contributed by atoms with Crippen LogP contribution in [0.15, 0.2) is 53.0 Å². The molecule has 2 aromatic carbocycles. The van der Waals surface area contributed by atoms with Crippen LogP contribution in [-0.2, 0) is 9.53 Å². The number of hydrogen-bond donors (Lipinski definition) is 1. The summed E-state index contributed by atoms with van der Waals surface area (Å²) in [6.45, 7) is 7.97. The van der Waals surface area contributed by atoms with Gasteiger partial charge >= 0.3 is 5.97 Å². The molecule has 1 amide bonds. The highest BCUT2D eigenvalue weighted by atomic mass is 79.9. The van der Waals surface area contributed by atoms with Crippen LogP contribution in [-0.4, -0.2) is 25.1 Å². The molecule has 32 heavy (non-hydrogen) atoms. The van der Waals surface area contributed by atoms with Crippen LogP contribution in [0, 0.1) is 6.92 Å². The molecule has 0 saturated heterocycles. The van der Waals surface area contributed by atoms with Gasteiger partial charge in [0.25, 0.3) is 5.91 Å². The minimum atomic E-state index is -0.465. The highest BCUT2D eigenvalue weighted by Gasteiger charge is 2.20. The second-order valence-electron chi connectivity index (χ2n) is 7.57. The van der Waals surface area contributed by atoms with Crippen molar-refractivity contribution in [2.45, 2.75) is 33.6 Å². The summed E-state index contributed by atoms with van der Waals surface area (Å²) in [5.74, 6) is 0.115. The van der Waals surface area contributed by atoms with Gasteiger partial charge in [0, 0.05) is 9.35 Å². The van der Waals surface area contributed by atoms with Crippen molar-refractivity contribution in [2.75, 3.05) is 18.5 Å². The van der Waals surface area contributed by atoms with Crippen LogP contribution < -0.4 is 10.1 Å². The average molecular weight is 516 g/mol. The van der Waals surface area contributed by atoms with Crippen molar-refractivity contribution in [1.29, 1.82) is 0 Å². The van der Waals surface area contributed by atoms with E-state index < -0.39 is 5.97 Å². The van der Waals surface area contributed by atoms with Gasteiger partial charge in [-0.2, -0.15) is 0 Å². The van der Waals surface area contributed by atoms with E-state index in [1.165, 1.54) is 11.3 Å². The Bertz CT molecular complexity index is 1110. The SMILES string of the molecule is CCOC(=O)c1cc(-c2ccccc2)sc1NC(=O)COc1cc(C)c(Br)cc1C(C)C. The van der Waals surface area contributed by atoms with Crippen LogP contribution in [0.3, 0.4) is 0 Å². The van der Waals surface area contributed by atoms with Crippen LogP contribution in [0.25, 0.3) is 10.4 Å². The van der Waals surface area contributed by atoms with E-state index in [0.29, 0.717) is 16.3 Å². The van der Waals surface area contributed by atoms with Crippen molar-refractivity contribution in [2.24, 2.45) is 0 Å². The van der Waals surface area contributed by atoms with E-state index in [2.05, 4.69) is 35.1 Å². The van der Waals surface area contributed by atoms with Crippen LogP contribution >= 0.6 is 27.3 Å². The number of carbonyl (C=O) groups is 2. The molecule has 0 saturated carbocycles. The van der Waals surface area contributed by atoms with E-state index in [9.17, 15) is 9.59 Å². The number of aryl methyl sites for hydroxylation is 1. The summed E-state index contributed by atoms with van der Waals surface area (Å²) >= 11 is 4.89. The molecular weight excluding hydrogens is 490 g/mol. The minimum Gasteiger partial charge on any atom is -0.483 e. The fourth-order valence-corrected chi connectivity index (χ4v) is 4.57. The second-order valence-corrected chi connectivity index (χ2v) is 9.48. The predicted octanol–water partition coefficient (Wildman–Crippen LogP) is 6.80. The van der Waals surface area contributed by atoms with Gasteiger partial charge in [0.2, 0.25) is 0 Å². The number of ether oxygens (including phenoxy) is 2. The zero-order valence-corrected chi connectivity index (χ0v) is 20.9. The van der Waals surface area contributed by atoms with Crippen molar-refractivity contribution in [1.82, 2.24) is 0 Å². The molecule has 5 nitrogen and oxygen atoms in total. The fourth-order valence-electron chi connectivity index (χ4n) is 3.14. The molecule has 3 aromatic rings. The number of nitrogens with one attached hydrogen (secondary N) is 1. The van der Waals surface area contributed by atoms with E-state index in [1.807, 2.05) is 49.4 Å². The zero-order chi connectivity index (χ0) is 23.3. The Labute approximate surface area is 200 Å². The Morgan fingerprint density at radius 3 is 2.50 bits per heavy atom. The molecule has 168 valence electrons. The predicted molar refractivity (Wildman–Crippen MR) is 133 cm³/mol. The molecule has 1 heterocycles. The summed E-state index contributed by atoms with van der Waals surface area (Å²) < 4.78 is 12.0. The maximum atomic E-state index is 12.7. The van der Waals surface area contributed by atoms with Crippen LogP contribution in [0.2, 0.25) is 0 Å². The number of hydrogen-bond acceptors (Lipinski definition) is 5. The molecule has 0 aliphatic rings. The van der Waals surface area contributed by atoms with E-state index >= 15 is 0 Å². The molecule has 0 aliphatic carbocycles. The molecule has 0 unspecified atom stereocenters. The number of rotatable bonds is 8. The molecule has 0 radical (unpaired) electrons. The quantitative estimate of drug-likeness (QED) is 0.335. The smallest absolute Gasteiger partial charge is 0.341 e. The van der Waals surface area contributed by atoms with E-state index in [-0.39, 0.29) is 25.0 Å². The Kier molecular flexibility index (Phi) is 8.10. The van der Waals surface area contributed by atoms with Gasteiger partial charge in [0.05, 0.1) is 12.2 Å². The number of thiophene rings is 1. The number of anilines is 1. The van der Waals surface area contributed by atoms with E-state index in [0.717, 1.165) is 26.0 Å². The maximum Gasteiger partial charge on any atom is 0.341 e. The van der Waals surface area contributed by atoms with Crippen molar-refractivity contribution < 1.29 is 19.1 Å². The lowest BCUT2D eigenvalue weighted by Crippen LogP contribution is -2.21. The van der Waals surface area contributed by atoms with Gasteiger partial charge in [0.1, 0.15) is 10.8 Å². The summed E-state index contributed by atoms with van der Waals surface area (Å²) in [5, 5.41) is 3.28. The van der Waals surface area contributed by atoms with Crippen LogP contribution in [0.1, 0.15) is 48.2 Å². The summed E-state index contributed by atoms with van der Waals surface area (Å²) in [5.41, 5.74) is 3.35. The third-order valence-corrected chi connectivity index (χ3v) is 6.76. The van der Waals surface area contributed by atoms with E-state index in [1.54, 1.807) is 13.0 Å². The van der Waals surface area contributed by atoms with Crippen molar-refractivity contribution in [3.05, 3.63) is 69.7 Å². The van der Waals surface area contributed by atoms with Crippen LogP contribution in [0.4, 0.5) is 5.00 Å².